The number of rotatable bonds is 4. The lowest BCUT2D eigenvalue weighted by atomic mass is 9.96. The lowest BCUT2D eigenvalue weighted by Crippen LogP contribution is -2.22. The van der Waals surface area contributed by atoms with Crippen LogP contribution in [-0.2, 0) is 16.0 Å². The summed E-state index contributed by atoms with van der Waals surface area (Å²) >= 11 is 1.57. The minimum absolute atomic E-state index is 0.237. The molecule has 0 atom stereocenters. The van der Waals surface area contributed by atoms with E-state index in [-0.39, 0.29) is 12.4 Å². The third-order valence-corrected chi connectivity index (χ3v) is 3.86. The largest absolute Gasteiger partial charge is 0.469 e. The first kappa shape index (κ1) is 12.4. The van der Waals surface area contributed by atoms with Crippen LogP contribution < -0.4 is 5.32 Å². The van der Waals surface area contributed by atoms with Crippen molar-refractivity contribution in [3.8, 4) is 0 Å². The summed E-state index contributed by atoms with van der Waals surface area (Å²) in [6, 6.07) is 0.556. The van der Waals surface area contributed by atoms with Crippen LogP contribution in [0.5, 0.6) is 0 Å². The highest BCUT2D eigenvalue weighted by Crippen LogP contribution is 2.23. The van der Waals surface area contributed by atoms with Gasteiger partial charge in [0.1, 0.15) is 0 Å². The second kappa shape index (κ2) is 6.00. The number of thiazole rings is 1. The quantitative estimate of drug-likeness (QED) is 0.839. The zero-order valence-electron chi connectivity index (χ0n) is 10.1. The van der Waals surface area contributed by atoms with Gasteiger partial charge in [0.15, 0.2) is 5.13 Å². The fourth-order valence-electron chi connectivity index (χ4n) is 2.10. The third-order valence-electron chi connectivity index (χ3n) is 3.04. The number of nitrogens with one attached hydrogen (secondary N) is 1. The summed E-state index contributed by atoms with van der Waals surface area (Å²) in [5, 5.41) is 6.29. The summed E-state index contributed by atoms with van der Waals surface area (Å²) in [5.41, 5.74) is 0.792. The summed E-state index contributed by atoms with van der Waals surface area (Å²) in [4.78, 5) is 15.5. The maximum atomic E-state index is 11.1. The molecule has 0 spiro atoms. The van der Waals surface area contributed by atoms with Gasteiger partial charge in [0.2, 0.25) is 0 Å². The monoisotopic (exact) mass is 254 g/mol. The molecule has 1 heterocycles. The van der Waals surface area contributed by atoms with Crippen LogP contribution in [0.15, 0.2) is 5.38 Å². The van der Waals surface area contributed by atoms with E-state index in [0.717, 1.165) is 10.8 Å². The van der Waals surface area contributed by atoms with Gasteiger partial charge < -0.3 is 10.1 Å². The molecule has 1 aromatic heterocycles. The minimum Gasteiger partial charge on any atom is -0.469 e. The highest BCUT2D eigenvalue weighted by atomic mass is 32.1. The molecule has 0 radical (unpaired) electrons. The van der Waals surface area contributed by atoms with Gasteiger partial charge in [-0.25, -0.2) is 4.98 Å². The molecular formula is C12H18N2O2S. The number of carbonyl (C=O) groups is 1. The predicted molar refractivity (Wildman–Crippen MR) is 68.3 cm³/mol. The topological polar surface area (TPSA) is 51.2 Å². The Labute approximate surface area is 105 Å². The molecule has 0 amide bonds. The van der Waals surface area contributed by atoms with Gasteiger partial charge in [-0.1, -0.05) is 19.3 Å². The van der Waals surface area contributed by atoms with E-state index in [1.54, 1.807) is 11.3 Å². The summed E-state index contributed by atoms with van der Waals surface area (Å²) in [5.74, 6) is -0.237. The van der Waals surface area contributed by atoms with Crippen LogP contribution in [0.1, 0.15) is 37.8 Å². The smallest absolute Gasteiger partial charge is 0.311 e. The number of hydrogen-bond acceptors (Lipinski definition) is 5. The number of aromatic nitrogens is 1. The van der Waals surface area contributed by atoms with Crippen LogP contribution in [0.25, 0.3) is 0 Å². The summed E-state index contributed by atoms with van der Waals surface area (Å²) in [6.45, 7) is 0. The van der Waals surface area contributed by atoms with E-state index in [2.05, 4.69) is 15.0 Å². The molecule has 4 nitrogen and oxygen atoms in total. The first-order valence-electron chi connectivity index (χ1n) is 6.05. The Kier molecular flexibility index (Phi) is 4.36. The van der Waals surface area contributed by atoms with Gasteiger partial charge in [0.25, 0.3) is 0 Å². The fraction of sp³-hybridized carbons (Fsp3) is 0.667. The normalized spacial score (nSPS) is 16.8. The van der Waals surface area contributed by atoms with E-state index < -0.39 is 0 Å². The molecule has 2 rings (SSSR count). The SMILES string of the molecule is COC(=O)Cc1csc(NC2CCCCC2)n1. The Morgan fingerprint density at radius 1 is 1.53 bits per heavy atom. The van der Waals surface area contributed by atoms with Crippen LogP contribution >= 0.6 is 11.3 Å². The minimum atomic E-state index is -0.237. The highest BCUT2D eigenvalue weighted by Gasteiger charge is 2.15. The number of hydrogen-bond donors (Lipinski definition) is 1. The molecule has 0 bridgehead atoms. The summed E-state index contributed by atoms with van der Waals surface area (Å²) in [7, 11) is 1.40. The van der Waals surface area contributed by atoms with Crippen molar-refractivity contribution >= 4 is 22.4 Å². The maximum absolute atomic E-state index is 11.1. The van der Waals surface area contributed by atoms with Crippen molar-refractivity contribution in [2.45, 2.75) is 44.6 Å². The van der Waals surface area contributed by atoms with Crippen molar-refractivity contribution in [2.24, 2.45) is 0 Å². The number of esters is 1. The number of carbonyl (C=O) groups excluding carboxylic acids is 1. The molecule has 1 aliphatic rings. The molecule has 0 aromatic carbocycles. The molecule has 1 saturated carbocycles. The molecule has 1 fully saturated rings. The molecule has 5 heteroatoms. The van der Waals surface area contributed by atoms with Crippen LogP contribution in [0, 0.1) is 0 Å². The highest BCUT2D eigenvalue weighted by molar-refractivity contribution is 7.13. The number of nitrogens with zero attached hydrogens (tertiary/aromatic N) is 1. The Balaban J connectivity index is 1.86. The average Bonchev–Trinajstić information content (AvgIpc) is 2.77. The fourth-order valence-corrected chi connectivity index (χ4v) is 2.88. The van der Waals surface area contributed by atoms with E-state index in [1.165, 1.54) is 39.2 Å². The molecule has 94 valence electrons. The summed E-state index contributed by atoms with van der Waals surface area (Å²) in [6.07, 6.45) is 6.68. The van der Waals surface area contributed by atoms with Gasteiger partial charge in [-0.05, 0) is 12.8 Å². The Bertz CT molecular complexity index is 372. The second-order valence-corrected chi connectivity index (χ2v) is 5.23. The Morgan fingerprint density at radius 3 is 3.00 bits per heavy atom. The Hall–Kier alpha value is -1.10. The van der Waals surface area contributed by atoms with Crippen LogP contribution in [0.2, 0.25) is 0 Å². The standard InChI is InChI=1S/C12H18N2O2S/c1-16-11(15)7-10-8-17-12(14-10)13-9-5-3-2-4-6-9/h8-9H,2-7H2,1H3,(H,13,14). The molecule has 1 aromatic rings. The van der Waals surface area contributed by atoms with Crippen molar-refractivity contribution in [1.29, 1.82) is 0 Å². The van der Waals surface area contributed by atoms with Gasteiger partial charge >= 0.3 is 5.97 Å². The van der Waals surface area contributed by atoms with E-state index in [4.69, 9.17) is 0 Å². The molecule has 0 saturated heterocycles. The van der Waals surface area contributed by atoms with Gasteiger partial charge in [0.05, 0.1) is 19.2 Å². The van der Waals surface area contributed by atoms with Crippen LogP contribution in [0.4, 0.5) is 5.13 Å². The van der Waals surface area contributed by atoms with E-state index in [1.807, 2.05) is 5.38 Å². The first-order valence-corrected chi connectivity index (χ1v) is 6.93. The van der Waals surface area contributed by atoms with Gasteiger partial charge in [-0.2, -0.15) is 0 Å². The molecule has 1 aliphatic carbocycles. The van der Waals surface area contributed by atoms with Crippen molar-refractivity contribution in [3.63, 3.8) is 0 Å². The van der Waals surface area contributed by atoms with E-state index in [9.17, 15) is 4.79 Å². The van der Waals surface area contributed by atoms with Crippen LogP contribution in [0.3, 0.4) is 0 Å². The van der Waals surface area contributed by atoms with Crippen molar-refractivity contribution in [1.82, 2.24) is 4.98 Å². The second-order valence-electron chi connectivity index (χ2n) is 4.38. The molecular weight excluding hydrogens is 236 g/mol. The lowest BCUT2D eigenvalue weighted by Gasteiger charge is -2.22. The Morgan fingerprint density at radius 2 is 2.29 bits per heavy atom. The van der Waals surface area contributed by atoms with Crippen molar-refractivity contribution in [2.75, 3.05) is 12.4 Å². The predicted octanol–water partition coefficient (Wildman–Crippen LogP) is 2.60. The maximum Gasteiger partial charge on any atom is 0.311 e. The van der Waals surface area contributed by atoms with Gasteiger partial charge in [-0.3, -0.25) is 4.79 Å². The van der Waals surface area contributed by atoms with Gasteiger partial charge in [-0.15, -0.1) is 11.3 Å². The number of methoxy groups -OCH3 is 1. The summed E-state index contributed by atoms with van der Waals surface area (Å²) < 4.78 is 4.62. The number of ether oxygens (including phenoxy) is 1. The molecule has 17 heavy (non-hydrogen) atoms. The zero-order chi connectivity index (χ0) is 12.1. The van der Waals surface area contributed by atoms with Gasteiger partial charge in [0, 0.05) is 11.4 Å². The van der Waals surface area contributed by atoms with E-state index in [0.29, 0.717) is 6.04 Å². The van der Waals surface area contributed by atoms with Crippen LogP contribution in [-0.4, -0.2) is 24.1 Å². The zero-order valence-corrected chi connectivity index (χ0v) is 10.9. The molecule has 0 unspecified atom stereocenters. The lowest BCUT2D eigenvalue weighted by molar-refractivity contribution is -0.139. The van der Waals surface area contributed by atoms with Crippen molar-refractivity contribution in [3.05, 3.63) is 11.1 Å². The molecule has 1 N–H and O–H groups in total. The average molecular weight is 254 g/mol. The third kappa shape index (κ3) is 3.70. The van der Waals surface area contributed by atoms with Crippen molar-refractivity contribution < 1.29 is 9.53 Å². The first-order chi connectivity index (χ1) is 8.28. The number of anilines is 1. The van der Waals surface area contributed by atoms with E-state index >= 15 is 0 Å². The molecule has 0 aliphatic heterocycles.